The van der Waals surface area contributed by atoms with Crippen LogP contribution >= 0.6 is 0 Å². The minimum absolute atomic E-state index is 0.171. The zero-order valence-electron chi connectivity index (χ0n) is 19.2. The van der Waals surface area contributed by atoms with Gasteiger partial charge in [0.25, 0.3) is 11.8 Å². The van der Waals surface area contributed by atoms with E-state index in [1.165, 1.54) is 11.8 Å². The van der Waals surface area contributed by atoms with Crippen molar-refractivity contribution in [3.05, 3.63) is 89.6 Å². The van der Waals surface area contributed by atoms with E-state index >= 15 is 0 Å². The molecular formula is C27H25N3O4. The van der Waals surface area contributed by atoms with Crippen molar-refractivity contribution in [1.82, 2.24) is 0 Å². The molecule has 0 radical (unpaired) electrons. The van der Waals surface area contributed by atoms with E-state index in [0.29, 0.717) is 28.4 Å². The van der Waals surface area contributed by atoms with Gasteiger partial charge >= 0.3 is 0 Å². The van der Waals surface area contributed by atoms with Gasteiger partial charge in [-0.3, -0.25) is 14.4 Å². The lowest BCUT2D eigenvalue weighted by Gasteiger charge is -2.16. The topological polar surface area (TPSA) is 87.7 Å². The standard InChI is InChI=1S/C27H25N3O4/c1-4-18-8-14-22(15-9-18)30-26(32)24(19-10-12-20(13-11-19)28-17(2)31)25(27(30)33)29-21-6-5-7-23(16-21)34-3/h5-16,29H,4H2,1-3H3,(H,28,31). The molecular weight excluding hydrogens is 430 g/mol. The summed E-state index contributed by atoms with van der Waals surface area (Å²) in [5, 5.41) is 5.84. The predicted octanol–water partition coefficient (Wildman–Crippen LogP) is 4.61. The van der Waals surface area contributed by atoms with Crippen LogP contribution in [-0.4, -0.2) is 24.8 Å². The third kappa shape index (κ3) is 4.54. The number of methoxy groups -OCH3 is 1. The number of rotatable bonds is 7. The average Bonchev–Trinajstić information content (AvgIpc) is 3.08. The van der Waals surface area contributed by atoms with Gasteiger partial charge in [0.05, 0.1) is 18.4 Å². The first-order valence-corrected chi connectivity index (χ1v) is 10.9. The van der Waals surface area contributed by atoms with E-state index in [1.807, 2.05) is 19.1 Å². The molecule has 1 aliphatic heterocycles. The van der Waals surface area contributed by atoms with E-state index in [4.69, 9.17) is 4.74 Å². The van der Waals surface area contributed by atoms with Crippen LogP contribution in [0.3, 0.4) is 0 Å². The number of ether oxygens (including phenoxy) is 1. The molecule has 7 heteroatoms. The molecule has 3 aromatic rings. The van der Waals surface area contributed by atoms with Gasteiger partial charge in [-0.15, -0.1) is 0 Å². The normalized spacial score (nSPS) is 13.3. The zero-order valence-corrected chi connectivity index (χ0v) is 19.2. The van der Waals surface area contributed by atoms with Gasteiger partial charge in [-0.25, -0.2) is 4.90 Å². The molecule has 0 spiro atoms. The van der Waals surface area contributed by atoms with E-state index < -0.39 is 11.8 Å². The van der Waals surface area contributed by atoms with E-state index in [9.17, 15) is 14.4 Å². The van der Waals surface area contributed by atoms with Crippen LogP contribution in [-0.2, 0) is 20.8 Å². The summed E-state index contributed by atoms with van der Waals surface area (Å²) in [5.41, 5.74) is 3.81. The molecule has 1 heterocycles. The Bertz CT molecular complexity index is 1280. The molecule has 34 heavy (non-hydrogen) atoms. The molecule has 3 aromatic carbocycles. The van der Waals surface area contributed by atoms with Crippen molar-refractivity contribution in [2.75, 3.05) is 22.6 Å². The van der Waals surface area contributed by atoms with Crippen molar-refractivity contribution < 1.29 is 19.1 Å². The zero-order chi connectivity index (χ0) is 24.2. The molecule has 2 N–H and O–H groups in total. The number of carbonyl (C=O) groups is 3. The third-order valence-electron chi connectivity index (χ3n) is 5.52. The van der Waals surface area contributed by atoms with Crippen LogP contribution in [0.4, 0.5) is 17.1 Å². The maximum absolute atomic E-state index is 13.6. The van der Waals surface area contributed by atoms with Gasteiger partial charge in [0.1, 0.15) is 11.4 Å². The van der Waals surface area contributed by atoms with Crippen LogP contribution in [0.1, 0.15) is 25.0 Å². The Morgan fingerprint density at radius 2 is 1.62 bits per heavy atom. The van der Waals surface area contributed by atoms with Gasteiger partial charge < -0.3 is 15.4 Å². The second-order valence-electron chi connectivity index (χ2n) is 7.83. The summed E-state index contributed by atoms with van der Waals surface area (Å²) < 4.78 is 5.28. The Morgan fingerprint density at radius 1 is 0.912 bits per heavy atom. The highest BCUT2D eigenvalue weighted by Gasteiger charge is 2.40. The first-order valence-electron chi connectivity index (χ1n) is 10.9. The van der Waals surface area contributed by atoms with Gasteiger partial charge in [-0.2, -0.15) is 0 Å². The first-order chi connectivity index (χ1) is 16.4. The predicted molar refractivity (Wildman–Crippen MR) is 133 cm³/mol. The number of benzene rings is 3. The summed E-state index contributed by atoms with van der Waals surface area (Å²) in [7, 11) is 1.56. The number of hydrogen-bond acceptors (Lipinski definition) is 5. The van der Waals surface area contributed by atoms with E-state index in [1.54, 1.807) is 67.8 Å². The lowest BCUT2D eigenvalue weighted by molar-refractivity contribution is -0.120. The smallest absolute Gasteiger partial charge is 0.282 e. The van der Waals surface area contributed by atoms with E-state index in [2.05, 4.69) is 10.6 Å². The van der Waals surface area contributed by atoms with Crippen LogP contribution in [0.15, 0.2) is 78.5 Å². The maximum atomic E-state index is 13.6. The van der Waals surface area contributed by atoms with Gasteiger partial charge in [0.15, 0.2) is 0 Å². The minimum Gasteiger partial charge on any atom is -0.497 e. The second-order valence-corrected chi connectivity index (χ2v) is 7.83. The molecule has 0 unspecified atom stereocenters. The fourth-order valence-corrected chi connectivity index (χ4v) is 3.80. The van der Waals surface area contributed by atoms with Gasteiger partial charge in [0.2, 0.25) is 5.91 Å². The van der Waals surface area contributed by atoms with Crippen molar-refractivity contribution in [3.63, 3.8) is 0 Å². The Morgan fingerprint density at radius 3 is 2.24 bits per heavy atom. The maximum Gasteiger partial charge on any atom is 0.282 e. The van der Waals surface area contributed by atoms with E-state index in [0.717, 1.165) is 12.0 Å². The van der Waals surface area contributed by atoms with Crippen molar-refractivity contribution in [3.8, 4) is 5.75 Å². The van der Waals surface area contributed by atoms with E-state index in [-0.39, 0.29) is 17.2 Å². The third-order valence-corrected chi connectivity index (χ3v) is 5.52. The van der Waals surface area contributed by atoms with Crippen LogP contribution in [0.25, 0.3) is 5.57 Å². The molecule has 0 fully saturated rings. The lowest BCUT2D eigenvalue weighted by atomic mass is 10.0. The number of nitrogens with one attached hydrogen (secondary N) is 2. The highest BCUT2D eigenvalue weighted by molar-refractivity contribution is 6.46. The van der Waals surface area contributed by atoms with Crippen LogP contribution in [0.2, 0.25) is 0 Å². The lowest BCUT2D eigenvalue weighted by Crippen LogP contribution is -2.32. The number of nitrogens with zero attached hydrogens (tertiary/aromatic N) is 1. The Hall–Kier alpha value is -4.39. The molecule has 0 saturated heterocycles. The van der Waals surface area contributed by atoms with Crippen molar-refractivity contribution in [2.24, 2.45) is 0 Å². The average molecular weight is 456 g/mol. The van der Waals surface area contributed by atoms with Crippen LogP contribution < -0.4 is 20.3 Å². The fraction of sp³-hybridized carbons (Fsp3) is 0.148. The van der Waals surface area contributed by atoms with Crippen LogP contribution in [0.5, 0.6) is 5.75 Å². The number of imide groups is 1. The second kappa shape index (κ2) is 9.62. The molecule has 0 aliphatic carbocycles. The molecule has 0 aromatic heterocycles. The Balaban J connectivity index is 1.77. The molecule has 1 aliphatic rings. The quantitative estimate of drug-likeness (QED) is 0.508. The van der Waals surface area contributed by atoms with Gasteiger partial charge in [-0.05, 0) is 53.9 Å². The number of carbonyl (C=O) groups excluding carboxylic acids is 3. The minimum atomic E-state index is -0.446. The Kier molecular flexibility index (Phi) is 6.45. The number of aryl methyl sites for hydroxylation is 1. The van der Waals surface area contributed by atoms with Crippen molar-refractivity contribution in [2.45, 2.75) is 20.3 Å². The summed E-state index contributed by atoms with van der Waals surface area (Å²) in [6.07, 6.45) is 0.856. The SMILES string of the molecule is CCc1ccc(N2C(=O)C(Nc3cccc(OC)c3)=C(c3ccc(NC(C)=O)cc3)C2=O)cc1. The Labute approximate surface area is 198 Å². The summed E-state index contributed by atoms with van der Waals surface area (Å²) in [6.45, 7) is 3.47. The molecule has 4 rings (SSSR count). The largest absolute Gasteiger partial charge is 0.497 e. The highest BCUT2D eigenvalue weighted by atomic mass is 16.5. The monoisotopic (exact) mass is 455 g/mol. The summed E-state index contributed by atoms with van der Waals surface area (Å²) in [6, 6.07) is 21.3. The summed E-state index contributed by atoms with van der Waals surface area (Å²) in [5.74, 6) is -0.443. The number of anilines is 3. The van der Waals surface area contributed by atoms with Crippen LogP contribution in [0, 0.1) is 0 Å². The fourth-order valence-electron chi connectivity index (χ4n) is 3.80. The molecule has 0 bridgehead atoms. The molecule has 172 valence electrons. The molecule has 7 nitrogen and oxygen atoms in total. The highest BCUT2D eigenvalue weighted by Crippen LogP contribution is 2.34. The molecule has 0 saturated carbocycles. The summed E-state index contributed by atoms with van der Waals surface area (Å²) in [4.78, 5) is 39.6. The van der Waals surface area contributed by atoms with Crippen molar-refractivity contribution in [1.29, 1.82) is 0 Å². The summed E-state index contributed by atoms with van der Waals surface area (Å²) >= 11 is 0. The van der Waals surface area contributed by atoms with Crippen molar-refractivity contribution >= 4 is 40.4 Å². The first kappa shape index (κ1) is 22.8. The molecule has 3 amide bonds. The molecule has 0 atom stereocenters. The van der Waals surface area contributed by atoms with Gasteiger partial charge in [-0.1, -0.05) is 37.3 Å². The van der Waals surface area contributed by atoms with Gasteiger partial charge in [0, 0.05) is 24.4 Å². The number of amides is 3. The number of hydrogen-bond donors (Lipinski definition) is 2.